The van der Waals surface area contributed by atoms with Crippen LogP contribution in [0, 0.1) is 11.7 Å². The summed E-state index contributed by atoms with van der Waals surface area (Å²) in [5.41, 5.74) is -0.00985. The predicted octanol–water partition coefficient (Wildman–Crippen LogP) is 8.34. The molecule has 0 saturated carbocycles. The first-order chi connectivity index (χ1) is 21.6. The van der Waals surface area contributed by atoms with Gasteiger partial charge in [-0.15, -0.1) is 0 Å². The summed E-state index contributed by atoms with van der Waals surface area (Å²) in [5.74, 6) is 1.33. The van der Waals surface area contributed by atoms with Gasteiger partial charge >= 0.3 is 12.2 Å². The summed E-state index contributed by atoms with van der Waals surface area (Å²) in [7, 11) is 1.54. The number of anilines is 2. The number of ether oxygens (including phenoxy) is 3. The lowest BCUT2D eigenvalue weighted by Crippen LogP contribution is -2.34. The van der Waals surface area contributed by atoms with Crippen LogP contribution in [-0.4, -0.2) is 49.3 Å². The van der Waals surface area contributed by atoms with Gasteiger partial charge in [0, 0.05) is 41.6 Å². The van der Waals surface area contributed by atoms with Crippen molar-refractivity contribution in [2.75, 3.05) is 44.0 Å². The Morgan fingerprint density at radius 3 is 2.33 bits per heavy atom. The van der Waals surface area contributed by atoms with Crippen molar-refractivity contribution < 1.29 is 36.6 Å². The maximum atomic E-state index is 15.0. The van der Waals surface area contributed by atoms with Crippen LogP contribution in [0.3, 0.4) is 0 Å². The van der Waals surface area contributed by atoms with Gasteiger partial charge in [-0.1, -0.05) is 6.92 Å². The minimum Gasteiger partial charge on any atom is -0.493 e. The van der Waals surface area contributed by atoms with Crippen molar-refractivity contribution in [2.45, 2.75) is 32.4 Å². The number of fused-ring (bicyclic) bond motifs is 1. The van der Waals surface area contributed by atoms with E-state index in [0.29, 0.717) is 34.8 Å². The summed E-state index contributed by atoms with van der Waals surface area (Å²) in [5, 5.41) is 5.44. The van der Waals surface area contributed by atoms with Crippen LogP contribution in [0.25, 0.3) is 10.9 Å². The van der Waals surface area contributed by atoms with Crippen molar-refractivity contribution in [3.63, 3.8) is 0 Å². The molecule has 12 heteroatoms. The first-order valence-corrected chi connectivity index (χ1v) is 14.6. The number of urea groups is 1. The van der Waals surface area contributed by atoms with Gasteiger partial charge in [0.05, 0.1) is 24.8 Å². The van der Waals surface area contributed by atoms with Gasteiger partial charge in [0.15, 0.2) is 23.1 Å². The van der Waals surface area contributed by atoms with Crippen molar-refractivity contribution in [1.29, 1.82) is 0 Å². The zero-order valence-electron chi connectivity index (χ0n) is 24.9. The predicted molar refractivity (Wildman–Crippen MR) is 164 cm³/mol. The molecule has 1 aromatic heterocycles. The number of hydrogen-bond donors (Lipinski definition) is 2. The number of nitrogens with zero attached hydrogens (tertiary/aromatic N) is 2. The molecule has 0 spiro atoms. The van der Waals surface area contributed by atoms with E-state index < -0.39 is 23.6 Å². The average Bonchev–Trinajstić information content (AvgIpc) is 3.01. The van der Waals surface area contributed by atoms with E-state index in [4.69, 9.17) is 14.2 Å². The molecule has 238 valence electrons. The van der Waals surface area contributed by atoms with Gasteiger partial charge in [-0.25, -0.2) is 9.18 Å². The van der Waals surface area contributed by atoms with E-state index >= 15 is 4.39 Å². The molecule has 2 N–H and O–H groups in total. The number of halogens is 4. The number of rotatable bonds is 10. The second-order valence-corrected chi connectivity index (χ2v) is 11.0. The third-order valence-electron chi connectivity index (χ3n) is 7.62. The zero-order chi connectivity index (χ0) is 32.0. The Balaban J connectivity index is 1.21. The Labute approximate surface area is 258 Å². The third-order valence-corrected chi connectivity index (χ3v) is 7.62. The molecule has 4 aromatic rings. The lowest BCUT2D eigenvalue weighted by molar-refractivity contribution is -0.137. The average molecular weight is 627 g/mol. The van der Waals surface area contributed by atoms with Gasteiger partial charge in [-0.3, -0.25) is 4.98 Å². The Morgan fingerprint density at radius 2 is 1.64 bits per heavy atom. The van der Waals surface area contributed by atoms with Gasteiger partial charge in [-0.2, -0.15) is 13.2 Å². The number of benzene rings is 3. The molecule has 0 radical (unpaired) electrons. The van der Waals surface area contributed by atoms with Gasteiger partial charge in [0.2, 0.25) is 0 Å². The second kappa shape index (κ2) is 14.0. The van der Waals surface area contributed by atoms with Crippen LogP contribution in [-0.2, 0) is 6.18 Å². The molecule has 0 atom stereocenters. The molecule has 1 aliphatic heterocycles. The van der Waals surface area contributed by atoms with Crippen molar-refractivity contribution in [2.24, 2.45) is 5.92 Å². The molecule has 0 unspecified atom stereocenters. The van der Waals surface area contributed by atoms with Crippen molar-refractivity contribution in [1.82, 2.24) is 9.88 Å². The standard InChI is InChI=1S/C33H34F4N4O4/c1-21-11-15-41(16-12-21)14-3-17-44-31-20-27-25(19-30(31)43-2)28(10-13-38-27)45-29-9-8-24(18-26(29)34)40-32(42)39-23-6-4-22(5-7-23)33(35,36)37/h4-10,13,18-21H,3,11-12,14-17H2,1-2H3,(H2,39,40,42). The van der Waals surface area contributed by atoms with Crippen molar-refractivity contribution in [3.05, 3.63) is 78.2 Å². The number of methoxy groups -OCH3 is 1. The highest BCUT2D eigenvalue weighted by molar-refractivity contribution is 5.99. The van der Waals surface area contributed by atoms with Crippen LogP contribution in [0.5, 0.6) is 23.0 Å². The molecule has 45 heavy (non-hydrogen) atoms. The highest BCUT2D eigenvalue weighted by Gasteiger charge is 2.30. The summed E-state index contributed by atoms with van der Waals surface area (Å²) in [6.07, 6.45) is 0.398. The number of amides is 2. The molecular weight excluding hydrogens is 592 g/mol. The highest BCUT2D eigenvalue weighted by atomic mass is 19.4. The van der Waals surface area contributed by atoms with Gasteiger partial charge < -0.3 is 29.7 Å². The number of carbonyl (C=O) groups is 1. The SMILES string of the molecule is COc1cc2c(Oc3ccc(NC(=O)Nc4ccc(C(F)(F)F)cc4)cc3F)ccnc2cc1OCCCN1CCC(C)CC1. The van der Waals surface area contributed by atoms with Crippen LogP contribution in [0.4, 0.5) is 33.7 Å². The van der Waals surface area contributed by atoms with Gasteiger partial charge in [-0.05, 0) is 86.8 Å². The molecule has 0 aliphatic carbocycles. The van der Waals surface area contributed by atoms with E-state index in [1.54, 1.807) is 31.5 Å². The van der Waals surface area contributed by atoms with Crippen LogP contribution in [0.2, 0.25) is 0 Å². The fourth-order valence-electron chi connectivity index (χ4n) is 5.06. The molecule has 2 heterocycles. The lowest BCUT2D eigenvalue weighted by atomic mass is 9.99. The molecule has 5 rings (SSSR count). The zero-order valence-corrected chi connectivity index (χ0v) is 24.9. The summed E-state index contributed by atoms with van der Waals surface area (Å²) in [4.78, 5) is 19.2. The normalized spacial score (nSPS) is 14.3. The molecule has 2 amide bonds. The number of pyridine rings is 1. The molecule has 1 fully saturated rings. The van der Waals surface area contributed by atoms with E-state index in [1.165, 1.54) is 25.0 Å². The molecule has 8 nitrogen and oxygen atoms in total. The van der Waals surface area contributed by atoms with E-state index in [0.717, 1.165) is 62.3 Å². The number of hydrogen-bond acceptors (Lipinski definition) is 6. The van der Waals surface area contributed by atoms with Crippen LogP contribution in [0.15, 0.2) is 66.9 Å². The second-order valence-electron chi connectivity index (χ2n) is 11.0. The topological polar surface area (TPSA) is 85.0 Å². The fraction of sp³-hybridized carbons (Fsp3) is 0.333. The highest BCUT2D eigenvalue weighted by Crippen LogP contribution is 2.38. The Morgan fingerprint density at radius 1 is 0.933 bits per heavy atom. The largest absolute Gasteiger partial charge is 0.493 e. The number of likely N-dealkylation sites (tertiary alicyclic amines) is 1. The number of alkyl halides is 3. The van der Waals surface area contributed by atoms with E-state index in [1.807, 2.05) is 0 Å². The molecule has 0 bridgehead atoms. The first kappa shape index (κ1) is 31.8. The number of aromatic nitrogens is 1. The number of piperidine rings is 1. The minimum absolute atomic E-state index is 0.0948. The maximum Gasteiger partial charge on any atom is 0.416 e. The van der Waals surface area contributed by atoms with Crippen molar-refractivity contribution in [3.8, 4) is 23.0 Å². The molecular formula is C33H34F4N4O4. The molecule has 1 aliphatic rings. The lowest BCUT2D eigenvalue weighted by Gasteiger charge is -2.30. The summed E-state index contributed by atoms with van der Waals surface area (Å²) in [6, 6.07) is 12.2. The summed E-state index contributed by atoms with van der Waals surface area (Å²) < 4.78 is 70.8. The van der Waals surface area contributed by atoms with Crippen molar-refractivity contribution >= 4 is 28.3 Å². The number of carbonyl (C=O) groups excluding carboxylic acids is 1. The minimum atomic E-state index is -4.49. The third kappa shape index (κ3) is 8.33. The molecule has 3 aromatic carbocycles. The van der Waals surface area contributed by atoms with Crippen LogP contribution >= 0.6 is 0 Å². The van der Waals surface area contributed by atoms with Crippen LogP contribution in [0.1, 0.15) is 31.7 Å². The monoisotopic (exact) mass is 626 g/mol. The van der Waals surface area contributed by atoms with E-state index in [9.17, 15) is 18.0 Å². The Hall–Kier alpha value is -4.58. The maximum absolute atomic E-state index is 15.0. The number of nitrogens with one attached hydrogen (secondary N) is 2. The Bertz CT molecular complexity index is 1620. The quantitative estimate of drug-likeness (QED) is 0.136. The van der Waals surface area contributed by atoms with Gasteiger partial charge in [0.25, 0.3) is 0 Å². The Kier molecular flexibility index (Phi) is 9.92. The summed E-state index contributed by atoms with van der Waals surface area (Å²) >= 11 is 0. The molecule has 1 saturated heterocycles. The van der Waals surface area contributed by atoms with E-state index in [-0.39, 0.29) is 17.1 Å². The summed E-state index contributed by atoms with van der Waals surface area (Å²) in [6.45, 7) is 6.03. The van der Waals surface area contributed by atoms with E-state index in [2.05, 4.69) is 27.4 Å². The first-order valence-electron chi connectivity index (χ1n) is 14.6. The van der Waals surface area contributed by atoms with Gasteiger partial charge in [0.1, 0.15) is 5.75 Å². The fourth-order valence-corrected chi connectivity index (χ4v) is 5.06. The smallest absolute Gasteiger partial charge is 0.416 e. The van der Waals surface area contributed by atoms with Crippen LogP contribution < -0.4 is 24.8 Å².